The summed E-state index contributed by atoms with van der Waals surface area (Å²) in [4.78, 5) is 10.8. The molecule has 4 heteroatoms. The highest BCUT2D eigenvalue weighted by Crippen LogP contribution is 2.36. The number of ether oxygens (including phenoxy) is 1. The lowest BCUT2D eigenvalue weighted by atomic mass is 10.2. The zero-order chi connectivity index (χ0) is 14.4. The molecule has 0 aliphatic heterocycles. The van der Waals surface area contributed by atoms with E-state index in [1.165, 1.54) is 7.11 Å². The first-order valence-corrected chi connectivity index (χ1v) is 8.91. The number of hydrogen-bond acceptors (Lipinski definition) is 3. The quantitative estimate of drug-likeness (QED) is 0.341. The summed E-state index contributed by atoms with van der Waals surface area (Å²) in [6.45, 7) is 13.4. The number of hydrogen-bond donors (Lipinski definition) is 0. The molecule has 0 aliphatic carbocycles. The molecule has 0 unspecified atom stereocenters. The number of allylic oxidation sites excluding steroid dienone is 1. The molecule has 18 heavy (non-hydrogen) atoms. The van der Waals surface area contributed by atoms with Crippen LogP contribution in [0.4, 0.5) is 0 Å². The van der Waals surface area contributed by atoms with E-state index >= 15 is 0 Å². The second-order valence-corrected chi connectivity index (χ2v) is 10.5. The third kappa shape index (κ3) is 6.04. The summed E-state index contributed by atoms with van der Waals surface area (Å²) in [5.41, 5.74) is 0.819. The molecule has 3 nitrogen and oxygen atoms in total. The fraction of sp³-hybridized carbons (Fsp3) is 0.643. The van der Waals surface area contributed by atoms with E-state index in [0.29, 0.717) is 6.61 Å². The fourth-order valence-electron chi connectivity index (χ4n) is 0.843. The maximum absolute atomic E-state index is 10.8. The number of rotatable bonds is 3. The Hall–Kier alpha value is -1.05. The van der Waals surface area contributed by atoms with Crippen molar-refractivity contribution in [1.82, 2.24) is 0 Å². The van der Waals surface area contributed by atoms with Crippen LogP contribution in [-0.2, 0) is 14.0 Å². The minimum Gasteiger partial charge on any atom is -0.459 e. The van der Waals surface area contributed by atoms with Crippen LogP contribution in [0, 0.1) is 11.8 Å². The average molecular weight is 268 g/mol. The number of methoxy groups -OCH3 is 1. The van der Waals surface area contributed by atoms with Crippen molar-refractivity contribution in [2.75, 3.05) is 13.7 Å². The van der Waals surface area contributed by atoms with E-state index in [1.54, 1.807) is 0 Å². The highest BCUT2D eigenvalue weighted by Gasteiger charge is 2.36. The number of carbonyl (C=O) groups excluding carboxylic acids is 1. The van der Waals surface area contributed by atoms with Crippen molar-refractivity contribution >= 4 is 14.3 Å². The van der Waals surface area contributed by atoms with Gasteiger partial charge in [0.25, 0.3) is 0 Å². The third-order valence-electron chi connectivity index (χ3n) is 3.19. The SMILES string of the molecule is COC(=O)C#C/C(C)=C/CO[Si](C)(C)C(C)(C)C. The van der Waals surface area contributed by atoms with Crippen LogP contribution in [0.1, 0.15) is 27.7 Å². The molecule has 0 N–H and O–H groups in total. The van der Waals surface area contributed by atoms with Gasteiger partial charge < -0.3 is 9.16 Å². The zero-order valence-electron chi connectivity index (χ0n) is 12.5. The summed E-state index contributed by atoms with van der Waals surface area (Å²) in [5, 5.41) is 0.201. The van der Waals surface area contributed by atoms with Gasteiger partial charge in [0.15, 0.2) is 8.32 Å². The summed E-state index contributed by atoms with van der Waals surface area (Å²) in [7, 11) is -0.392. The molecule has 0 aromatic heterocycles. The Morgan fingerprint density at radius 3 is 2.28 bits per heavy atom. The lowest BCUT2D eigenvalue weighted by Crippen LogP contribution is -2.40. The van der Waals surface area contributed by atoms with Crippen LogP contribution in [0.3, 0.4) is 0 Å². The normalized spacial score (nSPS) is 12.7. The Balaban J connectivity index is 4.40. The molecule has 0 aromatic rings. The van der Waals surface area contributed by atoms with E-state index in [1.807, 2.05) is 13.0 Å². The van der Waals surface area contributed by atoms with Gasteiger partial charge in [-0.1, -0.05) is 26.7 Å². The monoisotopic (exact) mass is 268 g/mol. The van der Waals surface area contributed by atoms with Crippen molar-refractivity contribution in [3.05, 3.63) is 11.6 Å². The van der Waals surface area contributed by atoms with Gasteiger partial charge in [0.05, 0.1) is 13.7 Å². The minimum absolute atomic E-state index is 0.201. The number of esters is 1. The maximum atomic E-state index is 10.8. The Morgan fingerprint density at radius 2 is 1.83 bits per heavy atom. The van der Waals surface area contributed by atoms with E-state index < -0.39 is 14.3 Å². The summed E-state index contributed by atoms with van der Waals surface area (Å²) in [5.74, 6) is 4.60. The molecule has 0 bridgehead atoms. The topological polar surface area (TPSA) is 35.5 Å². The molecule has 0 spiro atoms. The second-order valence-electron chi connectivity index (χ2n) is 5.70. The molecule has 0 radical (unpaired) electrons. The van der Waals surface area contributed by atoms with Gasteiger partial charge >= 0.3 is 5.97 Å². The summed E-state index contributed by atoms with van der Waals surface area (Å²) < 4.78 is 10.4. The van der Waals surface area contributed by atoms with Gasteiger partial charge in [0.1, 0.15) is 0 Å². The van der Waals surface area contributed by atoms with Crippen LogP contribution in [0.25, 0.3) is 0 Å². The highest BCUT2D eigenvalue weighted by atomic mass is 28.4. The maximum Gasteiger partial charge on any atom is 0.384 e. The van der Waals surface area contributed by atoms with Crippen LogP contribution >= 0.6 is 0 Å². The summed E-state index contributed by atoms with van der Waals surface area (Å²) in [6, 6.07) is 0. The second kappa shape index (κ2) is 6.77. The molecule has 0 saturated heterocycles. The molecule has 0 rings (SSSR count). The van der Waals surface area contributed by atoms with Crippen LogP contribution in [0.15, 0.2) is 11.6 Å². The van der Waals surface area contributed by atoms with E-state index in [9.17, 15) is 4.79 Å². The summed E-state index contributed by atoms with van der Waals surface area (Å²) >= 11 is 0. The van der Waals surface area contributed by atoms with E-state index in [2.05, 4.69) is 50.4 Å². The van der Waals surface area contributed by atoms with Gasteiger partial charge in [0, 0.05) is 5.92 Å². The van der Waals surface area contributed by atoms with Crippen molar-refractivity contribution in [3.8, 4) is 11.8 Å². The number of carbonyl (C=O) groups is 1. The average Bonchev–Trinajstić information content (AvgIpc) is 2.24. The van der Waals surface area contributed by atoms with Crippen LogP contribution in [0.5, 0.6) is 0 Å². The third-order valence-corrected chi connectivity index (χ3v) is 7.69. The van der Waals surface area contributed by atoms with Crippen molar-refractivity contribution in [2.24, 2.45) is 0 Å². The lowest BCUT2D eigenvalue weighted by Gasteiger charge is -2.35. The summed E-state index contributed by atoms with van der Waals surface area (Å²) in [6.07, 6.45) is 1.90. The Labute approximate surface area is 112 Å². The van der Waals surface area contributed by atoms with Crippen LogP contribution < -0.4 is 0 Å². The molecule has 0 aromatic carbocycles. The Morgan fingerprint density at radius 1 is 1.28 bits per heavy atom. The Kier molecular flexibility index (Phi) is 6.37. The van der Waals surface area contributed by atoms with Crippen molar-refractivity contribution in [1.29, 1.82) is 0 Å². The molecule has 0 amide bonds. The predicted octanol–water partition coefficient (Wildman–Crippen LogP) is 3.13. The first-order valence-electron chi connectivity index (χ1n) is 6.01. The molecule has 0 atom stereocenters. The zero-order valence-corrected chi connectivity index (χ0v) is 13.5. The Bertz CT molecular complexity index is 378. The molecule has 0 heterocycles. The van der Waals surface area contributed by atoms with Crippen molar-refractivity contribution in [3.63, 3.8) is 0 Å². The molecule has 0 fully saturated rings. The first kappa shape index (κ1) is 16.9. The van der Waals surface area contributed by atoms with Gasteiger partial charge in [-0.25, -0.2) is 4.79 Å². The molecular formula is C14H24O3Si. The molecule has 0 saturated carbocycles. The predicted molar refractivity (Wildman–Crippen MR) is 76.7 cm³/mol. The van der Waals surface area contributed by atoms with Crippen LogP contribution in [-0.4, -0.2) is 28.0 Å². The molecule has 0 aliphatic rings. The van der Waals surface area contributed by atoms with Gasteiger partial charge in [-0.15, -0.1) is 0 Å². The van der Waals surface area contributed by atoms with E-state index in [0.717, 1.165) is 5.57 Å². The van der Waals surface area contributed by atoms with E-state index in [4.69, 9.17) is 4.43 Å². The lowest BCUT2D eigenvalue weighted by molar-refractivity contribution is -0.133. The smallest absolute Gasteiger partial charge is 0.384 e. The molecule has 102 valence electrons. The van der Waals surface area contributed by atoms with Crippen molar-refractivity contribution < 1.29 is 14.0 Å². The molecular weight excluding hydrogens is 244 g/mol. The standard InChI is InChI=1S/C14H24O3Si/c1-12(8-9-13(15)16-5)10-11-17-18(6,7)14(2,3)4/h10H,11H2,1-7H3/b12-10+. The fourth-order valence-corrected chi connectivity index (χ4v) is 1.78. The first-order chi connectivity index (χ1) is 8.10. The highest BCUT2D eigenvalue weighted by molar-refractivity contribution is 6.74. The van der Waals surface area contributed by atoms with Gasteiger partial charge in [-0.05, 0) is 36.7 Å². The van der Waals surface area contributed by atoms with Gasteiger partial charge in [0.2, 0.25) is 0 Å². The van der Waals surface area contributed by atoms with Gasteiger partial charge in [-0.2, -0.15) is 0 Å². The van der Waals surface area contributed by atoms with Crippen LogP contribution in [0.2, 0.25) is 18.1 Å². The van der Waals surface area contributed by atoms with E-state index in [-0.39, 0.29) is 5.04 Å². The minimum atomic E-state index is -1.71. The largest absolute Gasteiger partial charge is 0.459 e. The van der Waals surface area contributed by atoms with Crippen molar-refractivity contribution in [2.45, 2.75) is 45.8 Å². The van der Waals surface area contributed by atoms with Gasteiger partial charge in [-0.3, -0.25) is 0 Å².